The molecule has 0 saturated heterocycles. The van der Waals surface area contributed by atoms with E-state index in [-0.39, 0.29) is 0 Å². The highest BCUT2D eigenvalue weighted by atomic mass is 32.2. The van der Waals surface area contributed by atoms with Crippen molar-refractivity contribution in [1.29, 1.82) is 0 Å². The molecule has 0 aromatic heterocycles. The molecule has 0 aromatic rings. The van der Waals surface area contributed by atoms with Crippen molar-refractivity contribution in [3.63, 3.8) is 0 Å². The van der Waals surface area contributed by atoms with Crippen LogP contribution in [0.4, 0.5) is 0 Å². The summed E-state index contributed by atoms with van der Waals surface area (Å²) in [6.45, 7) is 0.319. The van der Waals surface area contributed by atoms with Gasteiger partial charge in [0.15, 0.2) is 6.40 Å². The average Bonchev–Trinajstić information content (AvgIpc) is 1.69. The first-order valence-electron chi connectivity index (χ1n) is 1.56. The Balaban J connectivity index is 2.92. The molecule has 0 aliphatic carbocycles. The average molecular weight is 119 g/mol. The molecule has 0 atom stereocenters. The second-order valence-corrected chi connectivity index (χ2v) is 1.20. The van der Waals surface area contributed by atoms with Crippen LogP contribution in [0.1, 0.15) is 0 Å². The summed E-state index contributed by atoms with van der Waals surface area (Å²) in [6.07, 6.45) is 2.85. The van der Waals surface area contributed by atoms with Crippen molar-refractivity contribution in [2.45, 2.75) is 0 Å². The van der Waals surface area contributed by atoms with E-state index >= 15 is 0 Å². The van der Waals surface area contributed by atoms with E-state index in [9.17, 15) is 4.79 Å². The minimum Gasteiger partial charge on any atom is -0.416 e. The molecule has 40 valence electrons. The molecule has 0 unspecified atom stereocenters. The van der Waals surface area contributed by atoms with Crippen LogP contribution in [0.5, 0.6) is 0 Å². The molecule has 0 aliphatic heterocycles. The highest BCUT2D eigenvalue weighted by Gasteiger charge is 1.65. The van der Waals surface area contributed by atoms with Crippen LogP contribution in [0, 0.1) is 0 Å². The number of carbonyl (C=O) groups excluding carboxylic acids is 1. The third-order valence-corrected chi connectivity index (χ3v) is 0.562. The molecule has 0 bridgehead atoms. The van der Waals surface area contributed by atoms with Gasteiger partial charge in [-0.1, -0.05) is 0 Å². The van der Waals surface area contributed by atoms with E-state index in [0.29, 0.717) is 6.47 Å². The molecule has 0 saturated carbocycles. The Hall–Kier alpha value is -0.510. The van der Waals surface area contributed by atoms with Crippen LogP contribution in [0.25, 0.3) is 0 Å². The number of hydrogen-bond acceptors (Lipinski definition) is 4. The minimum absolute atomic E-state index is 0.319. The molecule has 0 radical (unpaired) electrons. The van der Waals surface area contributed by atoms with E-state index in [1.54, 1.807) is 6.26 Å². The van der Waals surface area contributed by atoms with E-state index in [1.165, 1.54) is 11.9 Å². The highest BCUT2D eigenvalue weighted by Crippen LogP contribution is 1.88. The van der Waals surface area contributed by atoms with Gasteiger partial charge in [-0.25, -0.2) is 0 Å². The lowest BCUT2D eigenvalue weighted by Crippen LogP contribution is -1.78. The zero-order chi connectivity index (χ0) is 5.54. The standard InChI is InChI=1S/C3H5NO2S/c1-7-4-2-6-3-5/h2-3H,1H3/b4-2-. The fraction of sp³-hybridized carbons (Fsp3) is 0.333. The summed E-state index contributed by atoms with van der Waals surface area (Å²) in [4.78, 5) is 9.36. The van der Waals surface area contributed by atoms with Gasteiger partial charge in [0.05, 0.1) is 0 Å². The van der Waals surface area contributed by atoms with Crippen molar-refractivity contribution in [1.82, 2.24) is 0 Å². The number of rotatable bonds is 3. The Bertz CT molecular complexity index is 73.3. The lowest BCUT2D eigenvalue weighted by molar-refractivity contribution is -0.121. The summed E-state index contributed by atoms with van der Waals surface area (Å²) < 4.78 is 7.58. The topological polar surface area (TPSA) is 38.7 Å². The fourth-order valence-corrected chi connectivity index (χ4v) is 0.228. The van der Waals surface area contributed by atoms with Gasteiger partial charge in [-0.2, -0.15) is 4.40 Å². The van der Waals surface area contributed by atoms with Crippen LogP contribution in [0.2, 0.25) is 0 Å². The molecule has 7 heavy (non-hydrogen) atoms. The Labute approximate surface area is 45.9 Å². The zero-order valence-corrected chi connectivity index (χ0v) is 4.64. The molecule has 0 fully saturated rings. The van der Waals surface area contributed by atoms with Crippen molar-refractivity contribution < 1.29 is 9.53 Å². The van der Waals surface area contributed by atoms with Gasteiger partial charge < -0.3 is 4.74 Å². The van der Waals surface area contributed by atoms with Crippen molar-refractivity contribution in [3.05, 3.63) is 0 Å². The number of carbonyl (C=O) groups is 1. The monoisotopic (exact) mass is 119 g/mol. The third-order valence-electron chi connectivity index (χ3n) is 0.265. The third kappa shape index (κ3) is 5.49. The molecular weight excluding hydrogens is 114 g/mol. The van der Waals surface area contributed by atoms with Gasteiger partial charge in [0, 0.05) is 6.26 Å². The van der Waals surface area contributed by atoms with Crippen LogP contribution in [0.3, 0.4) is 0 Å². The Morgan fingerprint density at radius 2 is 2.57 bits per heavy atom. The Morgan fingerprint density at radius 1 is 1.86 bits per heavy atom. The van der Waals surface area contributed by atoms with Gasteiger partial charge in [-0.05, 0) is 11.9 Å². The first-order valence-corrected chi connectivity index (χ1v) is 2.74. The van der Waals surface area contributed by atoms with Crippen LogP contribution in [-0.2, 0) is 9.53 Å². The summed E-state index contributed by atoms with van der Waals surface area (Å²) in [5.74, 6) is 0. The van der Waals surface area contributed by atoms with Gasteiger partial charge >= 0.3 is 0 Å². The molecule has 0 spiro atoms. The summed E-state index contributed by atoms with van der Waals surface area (Å²) in [5, 5.41) is 0. The molecule has 0 amide bonds. The summed E-state index contributed by atoms with van der Waals surface area (Å²) in [7, 11) is 0. The number of ether oxygens (including phenoxy) is 1. The van der Waals surface area contributed by atoms with Crippen molar-refractivity contribution in [2.24, 2.45) is 4.40 Å². The Kier molecular flexibility index (Phi) is 5.09. The highest BCUT2D eigenvalue weighted by molar-refractivity contribution is 7.97. The fourth-order valence-electron chi connectivity index (χ4n) is 0.0927. The first-order chi connectivity index (χ1) is 3.41. The van der Waals surface area contributed by atoms with Crippen molar-refractivity contribution in [3.8, 4) is 0 Å². The van der Waals surface area contributed by atoms with E-state index in [1.807, 2.05) is 0 Å². The molecule has 3 nitrogen and oxygen atoms in total. The number of nitrogens with zero attached hydrogens (tertiary/aromatic N) is 1. The predicted molar refractivity (Wildman–Crippen MR) is 29.2 cm³/mol. The lowest BCUT2D eigenvalue weighted by Gasteiger charge is -1.77. The maximum absolute atomic E-state index is 9.36. The van der Waals surface area contributed by atoms with Gasteiger partial charge in [0.1, 0.15) is 0 Å². The lowest BCUT2D eigenvalue weighted by atomic mass is 11.4. The molecule has 4 heteroatoms. The van der Waals surface area contributed by atoms with Crippen molar-refractivity contribution >= 4 is 24.8 Å². The number of hydrogen-bond donors (Lipinski definition) is 0. The molecule has 0 aromatic carbocycles. The van der Waals surface area contributed by atoms with E-state index in [2.05, 4.69) is 9.13 Å². The quantitative estimate of drug-likeness (QED) is 0.234. The van der Waals surface area contributed by atoms with E-state index in [0.717, 1.165) is 6.40 Å². The van der Waals surface area contributed by atoms with Crippen LogP contribution in [-0.4, -0.2) is 19.1 Å². The maximum atomic E-state index is 9.36. The Morgan fingerprint density at radius 3 is 3.00 bits per heavy atom. The molecule has 0 rings (SSSR count). The van der Waals surface area contributed by atoms with Crippen LogP contribution in [0.15, 0.2) is 4.40 Å². The second kappa shape index (κ2) is 5.49. The minimum atomic E-state index is 0.319. The molecule has 0 aliphatic rings. The largest absolute Gasteiger partial charge is 0.416 e. The maximum Gasteiger partial charge on any atom is 0.299 e. The van der Waals surface area contributed by atoms with E-state index in [4.69, 9.17) is 0 Å². The molecule has 0 heterocycles. The predicted octanol–water partition coefficient (Wildman–Crippen LogP) is 0.466. The SMILES string of the molecule is CS/N=C\OC=O. The van der Waals surface area contributed by atoms with Crippen molar-refractivity contribution in [2.75, 3.05) is 6.26 Å². The van der Waals surface area contributed by atoms with E-state index < -0.39 is 0 Å². The normalized spacial score (nSPS) is 9.29. The van der Waals surface area contributed by atoms with Gasteiger partial charge in [0.25, 0.3) is 6.47 Å². The summed E-state index contributed by atoms with van der Waals surface area (Å²) in [5.41, 5.74) is 0. The molecular formula is C3H5NO2S. The summed E-state index contributed by atoms with van der Waals surface area (Å²) in [6, 6.07) is 0. The van der Waals surface area contributed by atoms with Gasteiger partial charge in [-0.15, -0.1) is 0 Å². The van der Waals surface area contributed by atoms with Gasteiger partial charge in [0.2, 0.25) is 0 Å². The zero-order valence-electron chi connectivity index (χ0n) is 3.83. The summed E-state index contributed by atoms with van der Waals surface area (Å²) >= 11 is 1.23. The smallest absolute Gasteiger partial charge is 0.299 e. The molecule has 0 N–H and O–H groups in total. The van der Waals surface area contributed by atoms with Gasteiger partial charge in [-0.3, -0.25) is 4.79 Å². The first kappa shape index (κ1) is 6.49. The van der Waals surface area contributed by atoms with Crippen LogP contribution < -0.4 is 0 Å². The second-order valence-electron chi connectivity index (χ2n) is 0.626. The van der Waals surface area contributed by atoms with Crippen LogP contribution >= 0.6 is 11.9 Å².